The fourth-order valence-corrected chi connectivity index (χ4v) is 14.0. The summed E-state index contributed by atoms with van der Waals surface area (Å²) in [6.45, 7) is 19.4. The zero-order valence-electron chi connectivity index (χ0n) is 64.6. The number of carbonyl (C=O) groups excluding carboxylic acids is 6. The number of primary amides is 1. The zero-order valence-corrected chi connectivity index (χ0v) is 64.6. The van der Waals surface area contributed by atoms with Crippen LogP contribution in [0.1, 0.15) is 175 Å². The Balaban J connectivity index is 0.000000169. The van der Waals surface area contributed by atoms with Gasteiger partial charge in [0.25, 0.3) is 5.91 Å². The zero-order chi connectivity index (χ0) is 82.4. The Morgan fingerprint density at radius 1 is 0.409 bits per heavy atom. The van der Waals surface area contributed by atoms with Crippen molar-refractivity contribution in [1.82, 2.24) is 21.3 Å². The maximum Gasteiger partial charge on any atom is 0.357 e. The summed E-state index contributed by atoms with van der Waals surface area (Å²) in [5.41, 5.74) is 20.5. The first kappa shape index (κ1) is 87.7. The lowest BCUT2D eigenvalue weighted by molar-refractivity contribution is -0.146. The van der Waals surface area contributed by atoms with Crippen molar-refractivity contribution in [3.8, 4) is 89.6 Å². The largest absolute Gasteiger partial charge is 0.508 e. The molecule has 24 nitrogen and oxygen atoms in total. The van der Waals surface area contributed by atoms with Crippen LogP contribution in [0.4, 0.5) is 0 Å². The molecule has 0 aromatic heterocycles. The summed E-state index contributed by atoms with van der Waals surface area (Å²) < 4.78 is 41.2. The van der Waals surface area contributed by atoms with Gasteiger partial charge in [-0.05, 0) is 249 Å². The van der Waals surface area contributed by atoms with Crippen LogP contribution >= 0.6 is 0 Å². The summed E-state index contributed by atoms with van der Waals surface area (Å²) in [6.07, 6.45) is 33.2. The molecule has 0 bridgehead atoms. The van der Waals surface area contributed by atoms with Gasteiger partial charge in [0, 0.05) is 60.1 Å². The summed E-state index contributed by atoms with van der Waals surface area (Å²) in [5.74, 6) is 13.0. The summed E-state index contributed by atoms with van der Waals surface area (Å²) >= 11 is 0. The molecule has 4 unspecified atom stereocenters. The predicted molar refractivity (Wildman–Crippen MR) is 433 cm³/mol. The highest BCUT2D eigenvalue weighted by molar-refractivity contribution is 6.01. The minimum atomic E-state index is -0.968. The summed E-state index contributed by atoms with van der Waals surface area (Å²) in [7, 11) is 0. The molecule has 1 amide bonds. The van der Waals surface area contributed by atoms with Crippen molar-refractivity contribution >= 4 is 41.2 Å². The lowest BCUT2D eigenvalue weighted by atomic mass is 10.1. The van der Waals surface area contributed by atoms with Crippen molar-refractivity contribution in [3.05, 3.63) is 228 Å². The molecule has 0 aliphatic heterocycles. The second kappa shape index (κ2) is 46.2. The van der Waals surface area contributed by atoms with Crippen molar-refractivity contribution < 1.29 is 81.7 Å². The van der Waals surface area contributed by atoms with E-state index in [1.807, 2.05) is 72.8 Å². The van der Waals surface area contributed by atoms with Gasteiger partial charge in [-0.25, -0.2) is 27.5 Å². The first-order chi connectivity index (χ1) is 55.8. The molecule has 596 valence electrons. The van der Waals surface area contributed by atoms with Crippen molar-refractivity contribution in [1.29, 1.82) is 0 Å². The molecule has 7 aromatic carbocycles. The fraction of sp³-hybridized carbons (Fsp3) is 0.352. The van der Waals surface area contributed by atoms with E-state index in [0.29, 0.717) is 112 Å². The molecule has 0 heterocycles. The topological polar surface area (TPSA) is 317 Å². The number of carboxylic acid groups (broad SMARTS) is 1. The number of nitrogens with two attached hydrogens (primary N) is 1. The van der Waals surface area contributed by atoms with Crippen LogP contribution in [0.5, 0.6) is 40.2 Å². The fourth-order valence-electron chi connectivity index (χ4n) is 14.0. The minimum absolute atomic E-state index is 0.0345. The number of aromatic hydroxyl groups is 1. The van der Waals surface area contributed by atoms with Gasteiger partial charge in [-0.2, -0.15) is 0 Å². The number of fused-ring (bicyclic) bond motifs is 7. The molecule has 7 aliphatic carbocycles. The van der Waals surface area contributed by atoms with Gasteiger partial charge in [0.05, 0.1) is 39.4 Å². The van der Waals surface area contributed by atoms with Crippen molar-refractivity contribution in [2.45, 2.75) is 128 Å². The Morgan fingerprint density at radius 2 is 0.696 bits per heavy atom. The molecule has 0 saturated carbocycles. The normalized spacial score (nSPS) is 15.7. The molecule has 0 spiro atoms. The summed E-state index contributed by atoms with van der Waals surface area (Å²) in [6, 6.07) is 40.3. The third-order valence-electron chi connectivity index (χ3n) is 19.2. The maximum absolute atomic E-state index is 11.4. The van der Waals surface area contributed by atoms with E-state index in [9.17, 15) is 33.6 Å². The van der Waals surface area contributed by atoms with Crippen LogP contribution < -0.4 is 55.4 Å². The molecule has 8 N–H and O–H groups in total. The van der Waals surface area contributed by atoms with Gasteiger partial charge >= 0.3 is 31.4 Å². The second-order valence-electron chi connectivity index (χ2n) is 26.9. The predicted octanol–water partition coefficient (Wildman–Crippen LogP) is 11.5. The monoisotopic (exact) mass is 1560 g/mol. The number of nitrogens with zero attached hydrogens (tertiary/aromatic N) is 2. The number of esters is 2. The van der Waals surface area contributed by atoms with E-state index < -0.39 is 11.9 Å². The highest BCUT2D eigenvalue weighted by atomic mass is 16.6. The maximum atomic E-state index is 11.4. The number of ether oxygens (including phenoxy) is 8. The molecular weight excluding hydrogens is 1460 g/mol. The molecule has 0 fully saturated rings. The molecule has 14 rings (SSSR count). The Labute approximate surface area is 671 Å². The van der Waals surface area contributed by atoms with Gasteiger partial charge in [-0.15, -0.1) is 25.7 Å². The van der Waals surface area contributed by atoms with Crippen molar-refractivity contribution in [2.75, 3.05) is 79.3 Å². The highest BCUT2D eigenvalue weighted by Crippen LogP contribution is 2.38. The van der Waals surface area contributed by atoms with E-state index in [1.54, 1.807) is 62.4 Å². The van der Waals surface area contributed by atoms with E-state index in [1.165, 1.54) is 44.5 Å². The smallest absolute Gasteiger partial charge is 0.357 e. The third-order valence-corrected chi connectivity index (χ3v) is 19.2. The first-order valence-corrected chi connectivity index (χ1v) is 37.9. The SMILES string of the molecule is C#CCNC1CCc2cc(OCC(=O)O)ccc21.C#CCNC1CCc2cc(OCC(=O)OCC)ccc21.C#CCNC1CCc2cc(OCC(N)=O)ccc21.CCOC(=O)COc1ccc2c(c1)CCC2=O.O=C1CCc2cc(O)ccc21.[C-]#[N+]COc1ccc2c(c1)CCC2=O.[C-]#[N+]COc1ccc2c(c1)CCC2NCC#C. The number of amides is 1. The van der Waals surface area contributed by atoms with Crippen LogP contribution in [-0.4, -0.2) is 131 Å². The third kappa shape index (κ3) is 27.2. The number of carboxylic acids is 1. The van der Waals surface area contributed by atoms with Gasteiger partial charge in [0.2, 0.25) is 0 Å². The van der Waals surface area contributed by atoms with Crippen LogP contribution in [-0.2, 0) is 73.6 Å². The Hall–Kier alpha value is -12.9. The van der Waals surface area contributed by atoms with Crippen LogP contribution in [0.3, 0.4) is 0 Å². The second-order valence-corrected chi connectivity index (χ2v) is 26.9. The molecule has 7 aliphatic rings. The van der Waals surface area contributed by atoms with E-state index in [0.717, 1.165) is 110 Å². The van der Waals surface area contributed by atoms with E-state index >= 15 is 0 Å². The quantitative estimate of drug-likeness (QED) is 0.0150. The number of Topliss-reactive ketones (excluding diaryl/α,β-unsaturated/α-hetero) is 3. The van der Waals surface area contributed by atoms with Crippen molar-refractivity contribution in [3.63, 3.8) is 0 Å². The number of nitrogens with one attached hydrogen (secondary N) is 4. The molecule has 0 radical (unpaired) electrons. The molecule has 7 aromatic rings. The highest BCUT2D eigenvalue weighted by Gasteiger charge is 2.28. The van der Waals surface area contributed by atoms with Gasteiger partial charge in [-0.3, -0.25) is 50.1 Å². The van der Waals surface area contributed by atoms with Gasteiger partial charge < -0.3 is 53.8 Å². The summed E-state index contributed by atoms with van der Waals surface area (Å²) in [4.78, 5) is 83.5. The lowest BCUT2D eigenvalue weighted by Crippen LogP contribution is -2.20. The molecule has 4 atom stereocenters. The number of phenols is 1. The number of aryl methyl sites for hydroxylation is 7. The van der Waals surface area contributed by atoms with Crippen LogP contribution in [0, 0.1) is 62.5 Å². The molecule has 115 heavy (non-hydrogen) atoms. The van der Waals surface area contributed by atoms with Gasteiger partial charge in [0.1, 0.15) is 40.2 Å². The lowest BCUT2D eigenvalue weighted by Gasteiger charge is -2.12. The number of aliphatic carboxylic acids is 1. The standard InChI is InChI=1S/C16H19NO3.C14H16N2O2.C14H14N2O.C14H15NO3.C13H14O4.C11H9NO2.C9H8O2/c1-3-9-17-15-8-5-12-10-13(6-7-14(12)15)20-11-16(18)19-4-2;1-2-7-16-13-6-3-10-8-11(4-5-12(10)13)18-9-14(15)17;1-3-8-16-14-7-4-11-9-12(17-10-15-2)5-6-13(11)14;1-2-7-15-13-6-3-10-8-11(4-5-12(10)13)18-9-14(16)17;1-2-16-13(15)8-17-10-4-5-11-9(7-10)3-6-12(11)14;1-12-7-14-9-3-4-10-8(6-9)2-5-11(10)13;10-7-2-3-8-6(5-7)1-4-9(8)11/h1,6-7,10,15,17H,4-5,8-9,11H2,2H3;1,4-5,8,13,16H,3,6-7,9H2,(H2,15,17);1,5-6,9,14,16H,4,7-8,10H2;1,4-5,8,13,15H,3,6-7,9H2,(H,16,17);4-5,7H,2-3,6,8H2,1H3;3-4,6H,2,5,7H2;2-3,5,10H,1,4H2. The number of terminal acetylenes is 4. The number of carbonyl (C=O) groups is 7. The van der Waals surface area contributed by atoms with E-state index in [2.05, 4.69) is 60.7 Å². The Morgan fingerprint density at radius 3 is 1.00 bits per heavy atom. The van der Waals surface area contributed by atoms with Crippen LogP contribution in [0.25, 0.3) is 9.69 Å². The Bertz CT molecular complexity index is 4770. The van der Waals surface area contributed by atoms with Crippen LogP contribution in [0.2, 0.25) is 0 Å². The van der Waals surface area contributed by atoms with E-state index in [4.69, 9.17) is 92.7 Å². The van der Waals surface area contributed by atoms with Crippen LogP contribution in [0.15, 0.2) is 127 Å². The number of phenolic OH excluding ortho intramolecular Hbond substituents is 1. The van der Waals surface area contributed by atoms with Gasteiger partial charge in [-0.1, -0.05) is 47.9 Å². The Kier molecular flexibility index (Phi) is 35.2. The number of benzene rings is 7. The molecular formula is C91H95N7O17. The van der Waals surface area contributed by atoms with E-state index in [-0.39, 0.29) is 74.9 Å². The summed E-state index contributed by atoms with van der Waals surface area (Å²) in [5, 5.41) is 30.9. The number of rotatable bonds is 26. The molecule has 0 saturated heterocycles. The van der Waals surface area contributed by atoms with Gasteiger partial charge in [0.15, 0.2) is 43.8 Å². The average molecular weight is 1560 g/mol. The average Bonchev–Trinajstić information content (AvgIpc) is 1.70. The number of hydrogen-bond acceptors (Lipinski definition) is 20. The number of ketones is 3. The number of hydrogen-bond donors (Lipinski definition) is 7. The molecule has 24 heteroatoms. The van der Waals surface area contributed by atoms with Crippen molar-refractivity contribution in [2.24, 2.45) is 5.73 Å². The first-order valence-electron chi connectivity index (χ1n) is 37.9. The minimum Gasteiger partial charge on any atom is -0.508 e.